The minimum Gasteiger partial charge on any atom is -0.379 e. The molecule has 2 N–H and O–H groups in total. The van der Waals surface area contributed by atoms with Gasteiger partial charge in [-0.1, -0.05) is 16.8 Å². The summed E-state index contributed by atoms with van der Waals surface area (Å²) in [6, 6.07) is 5.80. The topological polar surface area (TPSA) is 101 Å². The van der Waals surface area contributed by atoms with Crippen molar-refractivity contribution in [1.82, 2.24) is 20.4 Å². The highest BCUT2D eigenvalue weighted by Gasteiger charge is 2.40. The summed E-state index contributed by atoms with van der Waals surface area (Å²) in [5.74, 6) is -0.166. The Kier molecular flexibility index (Phi) is 6.09. The van der Waals surface area contributed by atoms with Crippen LogP contribution in [0.3, 0.4) is 0 Å². The molecular weight excluding hydrogens is 425 g/mol. The molecule has 3 rings (SSSR count). The number of amides is 1. The fraction of sp³-hybridized carbons (Fsp3) is 0.263. The quantitative estimate of drug-likeness (QED) is 0.617. The second-order valence-corrected chi connectivity index (χ2v) is 6.95. The number of rotatable bonds is 5. The van der Waals surface area contributed by atoms with E-state index in [2.05, 4.69) is 20.4 Å². The molecule has 1 amide bonds. The number of carbonyl (C=O) groups excluding carboxylic acids is 1. The molecule has 2 aromatic heterocycles. The number of hydrogen-bond donors (Lipinski definition) is 2. The van der Waals surface area contributed by atoms with Crippen LogP contribution in [0.5, 0.6) is 0 Å². The van der Waals surface area contributed by atoms with E-state index in [1.807, 2.05) is 0 Å². The number of alkyl halides is 3. The average molecular weight is 441 g/mol. The Balaban J connectivity index is 1.98. The molecule has 1 aromatic carbocycles. The van der Waals surface area contributed by atoms with Gasteiger partial charge in [0.1, 0.15) is 0 Å². The molecule has 3 aromatic rings. The van der Waals surface area contributed by atoms with E-state index in [1.165, 1.54) is 24.4 Å². The highest BCUT2D eigenvalue weighted by Crippen LogP contribution is 2.35. The summed E-state index contributed by atoms with van der Waals surface area (Å²) in [4.78, 5) is 20.8. The van der Waals surface area contributed by atoms with Gasteiger partial charge in [0.2, 0.25) is 5.89 Å². The van der Waals surface area contributed by atoms with Gasteiger partial charge >= 0.3 is 6.18 Å². The summed E-state index contributed by atoms with van der Waals surface area (Å²) >= 11 is 5.80. The van der Waals surface area contributed by atoms with E-state index >= 15 is 0 Å². The summed E-state index contributed by atoms with van der Waals surface area (Å²) in [6.45, 7) is 3.18. The zero-order chi connectivity index (χ0) is 22.1. The van der Waals surface area contributed by atoms with Crippen molar-refractivity contribution in [3.05, 3.63) is 64.4 Å². The van der Waals surface area contributed by atoms with Gasteiger partial charge in [0.05, 0.1) is 16.8 Å². The third-order valence-corrected chi connectivity index (χ3v) is 4.37. The van der Waals surface area contributed by atoms with Crippen molar-refractivity contribution in [2.75, 3.05) is 0 Å². The zero-order valence-corrected chi connectivity index (χ0v) is 16.5. The molecule has 0 bridgehead atoms. The van der Waals surface area contributed by atoms with E-state index in [1.54, 1.807) is 13.8 Å². The van der Waals surface area contributed by atoms with Crippen molar-refractivity contribution >= 4 is 17.5 Å². The largest absolute Gasteiger partial charge is 0.418 e. The van der Waals surface area contributed by atoms with Crippen LogP contribution in [0, 0.1) is 6.92 Å². The van der Waals surface area contributed by atoms with E-state index in [4.69, 9.17) is 16.1 Å². The molecule has 1 unspecified atom stereocenters. The lowest BCUT2D eigenvalue weighted by Crippen LogP contribution is -2.28. The predicted molar refractivity (Wildman–Crippen MR) is 101 cm³/mol. The van der Waals surface area contributed by atoms with Crippen LogP contribution in [-0.2, 0) is 0 Å². The van der Waals surface area contributed by atoms with Crippen LogP contribution in [0.15, 0.2) is 41.1 Å². The number of aromatic nitrogens is 3. The van der Waals surface area contributed by atoms with Crippen LogP contribution in [0.4, 0.5) is 13.2 Å². The fourth-order valence-corrected chi connectivity index (χ4v) is 2.77. The first kappa shape index (κ1) is 21.7. The molecule has 0 radical (unpaired) electrons. The number of pyridine rings is 1. The summed E-state index contributed by atoms with van der Waals surface area (Å²) in [5, 5.41) is 16.3. The highest BCUT2D eigenvalue weighted by atomic mass is 35.5. The molecule has 2 heterocycles. The van der Waals surface area contributed by atoms with E-state index in [-0.39, 0.29) is 22.6 Å². The molecule has 0 saturated heterocycles. The molecule has 0 saturated carbocycles. The minimum atomic E-state index is -4.91. The number of carbonyl (C=O) groups is 1. The normalized spacial score (nSPS) is 13.7. The van der Waals surface area contributed by atoms with Gasteiger partial charge < -0.3 is 14.9 Å². The van der Waals surface area contributed by atoms with Crippen molar-refractivity contribution in [1.29, 1.82) is 0 Å². The molecule has 0 spiro atoms. The predicted octanol–water partition coefficient (Wildman–Crippen LogP) is 4.18. The SMILES string of the molecule is Cc1nc([C@@H](C)NC(=O)c2cc(-c3ccc(Cl)cn3)cc(C(O)C(F)(F)F)c2)no1. The summed E-state index contributed by atoms with van der Waals surface area (Å²) in [6.07, 6.45) is -6.35. The number of nitrogens with zero attached hydrogens (tertiary/aromatic N) is 3. The number of aryl methyl sites for hydroxylation is 1. The molecule has 30 heavy (non-hydrogen) atoms. The Bertz CT molecular complexity index is 1050. The smallest absolute Gasteiger partial charge is 0.379 e. The van der Waals surface area contributed by atoms with Gasteiger partial charge in [-0.25, -0.2) is 0 Å². The monoisotopic (exact) mass is 440 g/mol. The van der Waals surface area contributed by atoms with Crippen LogP contribution in [0.2, 0.25) is 5.02 Å². The van der Waals surface area contributed by atoms with Gasteiger partial charge in [0.25, 0.3) is 5.91 Å². The van der Waals surface area contributed by atoms with E-state index in [9.17, 15) is 23.1 Å². The third-order valence-electron chi connectivity index (χ3n) is 4.14. The van der Waals surface area contributed by atoms with Crippen molar-refractivity contribution < 1.29 is 27.6 Å². The van der Waals surface area contributed by atoms with Gasteiger partial charge in [-0.05, 0) is 42.8 Å². The number of aliphatic hydroxyl groups is 1. The lowest BCUT2D eigenvalue weighted by atomic mass is 9.99. The Labute approximate surface area is 173 Å². The second kappa shape index (κ2) is 8.41. The molecule has 0 fully saturated rings. The average Bonchev–Trinajstić information content (AvgIpc) is 3.13. The van der Waals surface area contributed by atoms with Crippen LogP contribution in [0.25, 0.3) is 11.3 Å². The fourth-order valence-electron chi connectivity index (χ4n) is 2.66. The zero-order valence-electron chi connectivity index (χ0n) is 15.7. The maximum atomic E-state index is 13.1. The third kappa shape index (κ3) is 4.95. The van der Waals surface area contributed by atoms with E-state index in [0.717, 1.165) is 12.1 Å². The first-order valence-corrected chi connectivity index (χ1v) is 9.05. The number of halogens is 4. The molecule has 0 aliphatic heterocycles. The molecule has 11 heteroatoms. The Morgan fingerprint density at radius 1 is 1.27 bits per heavy atom. The molecule has 158 valence electrons. The molecule has 0 aliphatic carbocycles. The van der Waals surface area contributed by atoms with Gasteiger partial charge in [-0.3, -0.25) is 9.78 Å². The molecule has 2 atom stereocenters. The van der Waals surface area contributed by atoms with Crippen molar-refractivity contribution in [2.24, 2.45) is 0 Å². The summed E-state index contributed by atoms with van der Waals surface area (Å²) in [7, 11) is 0. The molecule has 7 nitrogen and oxygen atoms in total. The highest BCUT2D eigenvalue weighted by molar-refractivity contribution is 6.30. The van der Waals surface area contributed by atoms with Crippen molar-refractivity contribution in [2.45, 2.75) is 32.2 Å². The second-order valence-electron chi connectivity index (χ2n) is 6.52. The number of aliphatic hydroxyl groups excluding tert-OH is 1. The van der Waals surface area contributed by atoms with Crippen LogP contribution in [-0.4, -0.2) is 32.3 Å². The standard InChI is InChI=1S/C19H16ClF3N4O3/c1-9(17-26-10(2)30-27-17)25-18(29)13-6-11(15-4-3-14(20)8-24-15)5-12(7-13)16(28)19(21,22)23/h3-9,16,28H,1-2H3,(H,25,29)/t9-,16?/m1/s1. The maximum Gasteiger partial charge on any atom is 0.418 e. The Morgan fingerprint density at radius 3 is 2.57 bits per heavy atom. The van der Waals surface area contributed by atoms with Crippen LogP contribution >= 0.6 is 11.6 Å². The van der Waals surface area contributed by atoms with E-state index in [0.29, 0.717) is 10.9 Å². The first-order chi connectivity index (χ1) is 14.0. The minimum absolute atomic E-state index is 0.102. The lowest BCUT2D eigenvalue weighted by molar-refractivity contribution is -0.206. The van der Waals surface area contributed by atoms with Crippen molar-refractivity contribution in [3.63, 3.8) is 0 Å². The first-order valence-electron chi connectivity index (χ1n) is 8.67. The number of nitrogens with one attached hydrogen (secondary N) is 1. The molecule has 0 aliphatic rings. The summed E-state index contributed by atoms with van der Waals surface area (Å²) in [5.41, 5.74) is -0.105. The van der Waals surface area contributed by atoms with Gasteiger partial charge in [0.15, 0.2) is 11.9 Å². The Hall–Kier alpha value is -2.98. The summed E-state index contributed by atoms with van der Waals surface area (Å²) < 4.78 is 44.1. The van der Waals surface area contributed by atoms with Crippen LogP contribution in [0.1, 0.15) is 46.7 Å². The van der Waals surface area contributed by atoms with E-state index < -0.39 is 29.8 Å². The lowest BCUT2D eigenvalue weighted by Gasteiger charge is -2.18. The Morgan fingerprint density at radius 2 is 2.00 bits per heavy atom. The van der Waals surface area contributed by atoms with Gasteiger partial charge in [0, 0.05) is 24.2 Å². The van der Waals surface area contributed by atoms with Crippen molar-refractivity contribution in [3.8, 4) is 11.3 Å². The number of benzene rings is 1. The number of hydrogen-bond acceptors (Lipinski definition) is 6. The van der Waals surface area contributed by atoms with Gasteiger partial charge in [-0.2, -0.15) is 18.2 Å². The van der Waals surface area contributed by atoms with Gasteiger partial charge in [-0.15, -0.1) is 0 Å². The maximum absolute atomic E-state index is 13.1. The van der Waals surface area contributed by atoms with Crippen LogP contribution < -0.4 is 5.32 Å². The molecular formula is C19H16ClF3N4O3.